The van der Waals surface area contributed by atoms with E-state index >= 15 is 0 Å². The van der Waals surface area contributed by atoms with E-state index in [0.29, 0.717) is 47.8 Å². The van der Waals surface area contributed by atoms with Crippen molar-refractivity contribution in [2.75, 3.05) is 25.5 Å². The van der Waals surface area contributed by atoms with Crippen molar-refractivity contribution >= 4 is 22.6 Å². The normalized spacial score (nSPS) is 19.0. The molecule has 0 spiro atoms. The number of pyridine rings is 1. The largest absolute Gasteiger partial charge is 0.384 e. The van der Waals surface area contributed by atoms with E-state index in [0.717, 1.165) is 13.8 Å². The van der Waals surface area contributed by atoms with Gasteiger partial charge in [0.1, 0.15) is 28.4 Å². The minimum Gasteiger partial charge on any atom is -0.384 e. The minimum absolute atomic E-state index is 0.0766. The van der Waals surface area contributed by atoms with E-state index < -0.39 is 23.2 Å². The van der Waals surface area contributed by atoms with Crippen LogP contribution < -0.4 is 10.9 Å². The summed E-state index contributed by atoms with van der Waals surface area (Å²) >= 11 is 0. The second-order valence-electron chi connectivity index (χ2n) is 10.8. The molecule has 2 aromatic heterocycles. The van der Waals surface area contributed by atoms with Gasteiger partial charge in [0.15, 0.2) is 0 Å². The molecule has 1 aliphatic rings. The molecule has 2 N–H and O–H groups in total. The first-order chi connectivity index (χ1) is 18.1. The summed E-state index contributed by atoms with van der Waals surface area (Å²) in [6.07, 6.45) is 0.510. The number of rotatable bonds is 7. The average Bonchev–Trinajstić information content (AvgIpc) is 3.32. The fourth-order valence-corrected chi connectivity index (χ4v) is 5.11. The average molecular weight is 544 g/mol. The Bertz CT molecular complexity index is 1480. The van der Waals surface area contributed by atoms with Crippen LogP contribution >= 0.6 is 0 Å². The third-order valence-electron chi connectivity index (χ3n) is 7.61. The number of aliphatic hydroxyl groups is 1. The summed E-state index contributed by atoms with van der Waals surface area (Å²) in [7, 11) is 3.21. The van der Waals surface area contributed by atoms with Crippen LogP contribution in [0, 0.1) is 6.92 Å². The highest BCUT2D eigenvalue weighted by Gasteiger charge is 2.47. The van der Waals surface area contributed by atoms with E-state index in [1.165, 1.54) is 29.7 Å². The van der Waals surface area contributed by atoms with Crippen LogP contribution in [0.4, 0.5) is 14.6 Å². The smallest absolute Gasteiger partial charge is 0.300 e. The van der Waals surface area contributed by atoms with Crippen LogP contribution in [0.1, 0.15) is 62.8 Å². The lowest BCUT2D eigenvalue weighted by molar-refractivity contribution is -0.168. The van der Waals surface area contributed by atoms with E-state index in [1.807, 2.05) is 0 Å². The number of carbonyl (C=O) groups is 1. The maximum absolute atomic E-state index is 14.9. The lowest BCUT2D eigenvalue weighted by atomic mass is 9.91. The van der Waals surface area contributed by atoms with Crippen molar-refractivity contribution < 1.29 is 23.4 Å². The highest BCUT2D eigenvalue weighted by molar-refractivity contribution is 5.89. The molecule has 11 heteroatoms. The van der Waals surface area contributed by atoms with Gasteiger partial charge in [-0.15, -0.1) is 0 Å². The number of fused-ring (bicyclic) bond motifs is 1. The first-order valence-electron chi connectivity index (χ1n) is 12.8. The van der Waals surface area contributed by atoms with Crippen molar-refractivity contribution in [1.82, 2.24) is 19.4 Å². The van der Waals surface area contributed by atoms with Crippen LogP contribution in [-0.2, 0) is 28.1 Å². The van der Waals surface area contributed by atoms with Crippen LogP contribution in [0.5, 0.6) is 0 Å². The molecule has 9 nitrogen and oxygen atoms in total. The van der Waals surface area contributed by atoms with Crippen molar-refractivity contribution in [3.05, 3.63) is 63.3 Å². The van der Waals surface area contributed by atoms with Gasteiger partial charge in [0, 0.05) is 45.7 Å². The van der Waals surface area contributed by atoms with Crippen molar-refractivity contribution in [2.24, 2.45) is 7.05 Å². The quantitative estimate of drug-likeness (QED) is 0.467. The van der Waals surface area contributed by atoms with E-state index in [1.54, 1.807) is 45.0 Å². The number of methoxy groups -OCH3 is 1. The minimum atomic E-state index is -3.47. The van der Waals surface area contributed by atoms with E-state index in [4.69, 9.17) is 4.74 Å². The molecule has 0 radical (unpaired) electrons. The Balaban J connectivity index is 1.80. The van der Waals surface area contributed by atoms with Crippen LogP contribution in [-0.4, -0.2) is 56.2 Å². The van der Waals surface area contributed by atoms with E-state index in [-0.39, 0.29) is 22.5 Å². The number of halogens is 2. The Kier molecular flexibility index (Phi) is 7.28. The summed E-state index contributed by atoms with van der Waals surface area (Å²) in [5.74, 6) is -2.80. The fraction of sp³-hybridized carbons (Fsp3) is 0.500. The molecule has 1 fully saturated rings. The molecule has 0 aliphatic carbocycles. The maximum atomic E-state index is 14.9. The molecule has 39 heavy (non-hydrogen) atoms. The number of carbonyl (C=O) groups excluding carboxylic acids is 1. The molecule has 1 amide bonds. The number of hydrogen-bond donors (Lipinski definition) is 2. The third-order valence-corrected chi connectivity index (χ3v) is 7.61. The van der Waals surface area contributed by atoms with Gasteiger partial charge in [0.2, 0.25) is 5.91 Å². The number of amides is 1. The Morgan fingerprint density at radius 2 is 1.95 bits per heavy atom. The number of hydrogen-bond acceptors (Lipinski definition) is 7. The van der Waals surface area contributed by atoms with Gasteiger partial charge >= 0.3 is 5.92 Å². The fourth-order valence-electron chi connectivity index (χ4n) is 5.11. The monoisotopic (exact) mass is 543 g/mol. The number of alkyl halides is 2. The third kappa shape index (κ3) is 5.00. The number of aryl methyl sites for hydroxylation is 1. The van der Waals surface area contributed by atoms with Gasteiger partial charge in [-0.1, -0.05) is 18.2 Å². The molecular weight excluding hydrogens is 508 g/mol. The number of nitrogens with one attached hydrogen (secondary N) is 1. The van der Waals surface area contributed by atoms with Gasteiger partial charge in [-0.05, 0) is 45.4 Å². The van der Waals surface area contributed by atoms with Gasteiger partial charge in [-0.3, -0.25) is 9.59 Å². The number of anilines is 1. The maximum Gasteiger partial charge on any atom is 0.300 e. The second kappa shape index (κ2) is 9.95. The molecule has 2 atom stereocenters. The van der Waals surface area contributed by atoms with Gasteiger partial charge in [-0.2, -0.15) is 8.78 Å². The molecule has 1 saturated heterocycles. The van der Waals surface area contributed by atoms with Crippen LogP contribution in [0.25, 0.3) is 10.9 Å². The summed E-state index contributed by atoms with van der Waals surface area (Å²) in [5, 5.41) is 13.7. The number of benzene rings is 1. The van der Waals surface area contributed by atoms with Gasteiger partial charge in [-0.25, -0.2) is 9.97 Å². The van der Waals surface area contributed by atoms with Gasteiger partial charge < -0.3 is 24.6 Å². The predicted octanol–water partition coefficient (Wildman–Crippen LogP) is 3.77. The predicted molar refractivity (Wildman–Crippen MR) is 144 cm³/mol. The number of aromatic nitrogens is 3. The molecule has 0 saturated carbocycles. The van der Waals surface area contributed by atoms with Gasteiger partial charge in [0.05, 0.1) is 17.6 Å². The summed E-state index contributed by atoms with van der Waals surface area (Å²) in [6, 6.07) is 7.18. The lowest BCUT2D eigenvalue weighted by Gasteiger charge is -2.30. The standard InChI is InChI=1S/C28H35F2N5O4/c1-16(19-9-8-10-20(13-19)28(29,30)26(4,5)38)31-24-21-14-22(27(39-7)11-12-35(15-27)18(3)36)34(6)25(37)23(21)32-17(2)33-24/h8-10,13-14,16,38H,11-12,15H2,1-7H3,(H,31,32,33)/t16-,27?/m1/s1. The molecule has 3 aromatic rings. The van der Waals surface area contributed by atoms with E-state index in [9.17, 15) is 23.5 Å². The van der Waals surface area contributed by atoms with Crippen LogP contribution in [0.15, 0.2) is 35.1 Å². The van der Waals surface area contributed by atoms with Crippen molar-refractivity contribution in [3.8, 4) is 0 Å². The number of likely N-dealkylation sites (tertiary alicyclic amines) is 1. The Morgan fingerprint density at radius 1 is 1.26 bits per heavy atom. The zero-order chi connectivity index (χ0) is 28.9. The molecule has 1 aromatic carbocycles. The first-order valence-corrected chi connectivity index (χ1v) is 12.8. The molecule has 1 aliphatic heterocycles. The summed E-state index contributed by atoms with van der Waals surface area (Å²) in [4.78, 5) is 36.2. The SMILES string of the molecule is COC1(c2cc3c(N[C@H](C)c4cccc(C(F)(F)C(C)(C)O)c4)nc(C)nc3c(=O)n2C)CCN(C(C)=O)C1. The van der Waals surface area contributed by atoms with Crippen LogP contribution in [0.2, 0.25) is 0 Å². The molecule has 3 heterocycles. The highest BCUT2D eigenvalue weighted by atomic mass is 19.3. The Hall–Kier alpha value is -3.44. The molecule has 4 rings (SSSR count). The topological polar surface area (TPSA) is 110 Å². The van der Waals surface area contributed by atoms with Crippen molar-refractivity contribution in [3.63, 3.8) is 0 Å². The first kappa shape index (κ1) is 28.6. The summed E-state index contributed by atoms with van der Waals surface area (Å²) in [5.41, 5.74) is -2.44. The lowest BCUT2D eigenvalue weighted by Crippen LogP contribution is -2.40. The Labute approximate surface area is 225 Å². The molecule has 0 bridgehead atoms. The summed E-state index contributed by atoms with van der Waals surface area (Å²) < 4.78 is 37.1. The van der Waals surface area contributed by atoms with E-state index in [2.05, 4.69) is 15.3 Å². The highest BCUT2D eigenvalue weighted by Crippen LogP contribution is 2.40. The zero-order valence-corrected chi connectivity index (χ0v) is 23.3. The number of nitrogens with zero attached hydrogens (tertiary/aromatic N) is 4. The van der Waals surface area contributed by atoms with Crippen LogP contribution in [0.3, 0.4) is 0 Å². The molecule has 210 valence electrons. The van der Waals surface area contributed by atoms with Crippen molar-refractivity contribution in [1.29, 1.82) is 0 Å². The van der Waals surface area contributed by atoms with Gasteiger partial charge in [0.25, 0.3) is 5.56 Å². The Morgan fingerprint density at radius 3 is 2.54 bits per heavy atom. The second-order valence-corrected chi connectivity index (χ2v) is 10.8. The molecular formula is C28H35F2N5O4. The molecule has 1 unspecified atom stereocenters. The van der Waals surface area contributed by atoms with Crippen molar-refractivity contribution in [2.45, 2.75) is 64.2 Å². The zero-order valence-electron chi connectivity index (χ0n) is 23.3. The summed E-state index contributed by atoms with van der Waals surface area (Å²) in [6.45, 7) is 7.90. The number of ether oxygens (including phenoxy) is 1.